The molecule has 1 aliphatic rings. The Bertz CT molecular complexity index is 551. The molecule has 0 amide bonds. The van der Waals surface area contributed by atoms with Crippen molar-refractivity contribution in [3.63, 3.8) is 0 Å². The maximum Gasteiger partial charge on any atom is 0.243 e. The number of rotatable bonds is 6. The Morgan fingerprint density at radius 2 is 1.95 bits per heavy atom. The molecule has 1 fully saturated rings. The summed E-state index contributed by atoms with van der Waals surface area (Å²) in [6.45, 7) is 4.68. The second kappa shape index (κ2) is 6.24. The summed E-state index contributed by atoms with van der Waals surface area (Å²) in [5, 5.41) is 3.29. The summed E-state index contributed by atoms with van der Waals surface area (Å²) >= 11 is 0. The molecule has 0 radical (unpaired) electrons. The summed E-state index contributed by atoms with van der Waals surface area (Å²) in [6, 6.07) is 7.78. The largest absolute Gasteiger partial charge is 0.310 e. The molecular weight excluding hydrogens is 272 g/mol. The molecule has 0 atom stereocenters. The van der Waals surface area contributed by atoms with E-state index < -0.39 is 10.0 Å². The third kappa shape index (κ3) is 3.22. The van der Waals surface area contributed by atoms with Crippen LogP contribution in [-0.2, 0) is 16.6 Å². The molecule has 1 N–H and O–H groups in total. The van der Waals surface area contributed by atoms with E-state index in [9.17, 15) is 8.42 Å². The molecule has 2 rings (SSSR count). The molecule has 1 aliphatic carbocycles. The standard InChI is InChI=1S/C15H24N2O2S/c1-12(2)16-11-13-7-4-5-10-15(13)20(18,19)17(3)14-8-6-9-14/h4-5,7,10,12,14,16H,6,8-9,11H2,1-3H3. The summed E-state index contributed by atoms with van der Waals surface area (Å²) in [6.07, 6.45) is 3.07. The second-order valence-electron chi connectivity index (χ2n) is 5.75. The third-order valence-electron chi connectivity index (χ3n) is 3.92. The monoisotopic (exact) mass is 296 g/mol. The van der Waals surface area contributed by atoms with Crippen molar-refractivity contribution in [2.24, 2.45) is 0 Å². The minimum atomic E-state index is -3.38. The van der Waals surface area contributed by atoms with Gasteiger partial charge in [0.2, 0.25) is 10.0 Å². The van der Waals surface area contributed by atoms with Gasteiger partial charge in [-0.05, 0) is 24.5 Å². The highest BCUT2D eigenvalue weighted by atomic mass is 32.2. The second-order valence-corrected chi connectivity index (χ2v) is 7.72. The molecule has 0 aromatic heterocycles. The van der Waals surface area contributed by atoms with E-state index in [1.807, 2.05) is 12.1 Å². The molecule has 1 aromatic carbocycles. The fourth-order valence-electron chi connectivity index (χ4n) is 2.32. The Labute approximate surface area is 122 Å². The molecule has 0 aliphatic heterocycles. The van der Waals surface area contributed by atoms with Gasteiger partial charge in [-0.2, -0.15) is 4.31 Å². The minimum absolute atomic E-state index is 0.172. The number of sulfonamides is 1. The molecule has 4 nitrogen and oxygen atoms in total. The quantitative estimate of drug-likeness (QED) is 0.876. The van der Waals surface area contributed by atoms with E-state index in [0.717, 1.165) is 24.8 Å². The maximum absolute atomic E-state index is 12.7. The van der Waals surface area contributed by atoms with Crippen LogP contribution in [0.3, 0.4) is 0 Å². The van der Waals surface area contributed by atoms with E-state index in [4.69, 9.17) is 0 Å². The molecule has 5 heteroatoms. The van der Waals surface area contributed by atoms with Gasteiger partial charge < -0.3 is 5.32 Å². The Morgan fingerprint density at radius 3 is 2.50 bits per heavy atom. The van der Waals surface area contributed by atoms with Crippen molar-refractivity contribution in [1.82, 2.24) is 9.62 Å². The smallest absolute Gasteiger partial charge is 0.243 e. The normalized spacial score (nSPS) is 16.6. The van der Waals surface area contributed by atoms with Crippen molar-refractivity contribution < 1.29 is 8.42 Å². The molecule has 0 heterocycles. The summed E-state index contributed by atoms with van der Waals surface area (Å²) < 4.78 is 27.0. The van der Waals surface area contributed by atoms with E-state index in [1.54, 1.807) is 23.5 Å². The predicted octanol–water partition coefficient (Wildman–Crippen LogP) is 2.36. The summed E-state index contributed by atoms with van der Waals surface area (Å²) in [5.41, 5.74) is 0.840. The van der Waals surface area contributed by atoms with Crippen LogP contribution in [0.4, 0.5) is 0 Å². The maximum atomic E-state index is 12.7. The van der Waals surface area contributed by atoms with Crippen LogP contribution in [0.25, 0.3) is 0 Å². The summed E-state index contributed by atoms with van der Waals surface area (Å²) in [7, 11) is -1.68. The van der Waals surface area contributed by atoms with Gasteiger partial charge in [0, 0.05) is 25.7 Å². The molecule has 112 valence electrons. The number of benzene rings is 1. The lowest BCUT2D eigenvalue weighted by Crippen LogP contribution is -2.41. The first-order chi connectivity index (χ1) is 9.43. The van der Waals surface area contributed by atoms with Gasteiger partial charge in [-0.3, -0.25) is 0 Å². The lowest BCUT2D eigenvalue weighted by Gasteiger charge is -2.34. The van der Waals surface area contributed by atoms with E-state index >= 15 is 0 Å². The van der Waals surface area contributed by atoms with Gasteiger partial charge in [-0.15, -0.1) is 0 Å². The molecule has 1 aromatic rings. The van der Waals surface area contributed by atoms with Crippen LogP contribution in [0.1, 0.15) is 38.7 Å². The number of nitrogens with one attached hydrogen (secondary N) is 1. The van der Waals surface area contributed by atoms with Gasteiger partial charge in [0.15, 0.2) is 0 Å². The van der Waals surface area contributed by atoms with Gasteiger partial charge in [0.05, 0.1) is 4.90 Å². The summed E-state index contributed by atoms with van der Waals surface area (Å²) in [4.78, 5) is 0.433. The van der Waals surface area contributed by atoms with Gasteiger partial charge in [0.1, 0.15) is 0 Å². The van der Waals surface area contributed by atoms with Gasteiger partial charge in [-0.25, -0.2) is 8.42 Å². The first-order valence-electron chi connectivity index (χ1n) is 7.22. The average Bonchev–Trinajstić information content (AvgIpc) is 2.34. The first-order valence-corrected chi connectivity index (χ1v) is 8.66. The van der Waals surface area contributed by atoms with Crippen LogP contribution in [-0.4, -0.2) is 31.9 Å². The Kier molecular flexibility index (Phi) is 4.83. The predicted molar refractivity (Wildman–Crippen MR) is 81.0 cm³/mol. The van der Waals surface area contributed by atoms with Crippen LogP contribution in [0.15, 0.2) is 29.2 Å². The van der Waals surface area contributed by atoms with E-state index in [2.05, 4.69) is 19.2 Å². The van der Waals surface area contributed by atoms with Gasteiger partial charge in [0.25, 0.3) is 0 Å². The van der Waals surface area contributed by atoms with Crippen molar-refractivity contribution in [3.8, 4) is 0 Å². The third-order valence-corrected chi connectivity index (χ3v) is 5.93. The first kappa shape index (κ1) is 15.5. The van der Waals surface area contributed by atoms with Gasteiger partial charge in [-0.1, -0.05) is 38.5 Å². The number of hydrogen-bond acceptors (Lipinski definition) is 3. The summed E-state index contributed by atoms with van der Waals surface area (Å²) in [5.74, 6) is 0. The molecule has 0 spiro atoms. The molecule has 0 bridgehead atoms. The number of hydrogen-bond donors (Lipinski definition) is 1. The van der Waals surface area contributed by atoms with Crippen molar-refractivity contribution in [3.05, 3.63) is 29.8 Å². The van der Waals surface area contributed by atoms with Crippen LogP contribution >= 0.6 is 0 Å². The Hall–Kier alpha value is -0.910. The molecule has 1 saturated carbocycles. The molecular formula is C15H24N2O2S. The zero-order valence-electron chi connectivity index (χ0n) is 12.5. The minimum Gasteiger partial charge on any atom is -0.310 e. The lowest BCUT2D eigenvalue weighted by molar-refractivity contribution is 0.249. The van der Waals surface area contributed by atoms with Crippen LogP contribution < -0.4 is 5.32 Å². The highest BCUT2D eigenvalue weighted by Gasteiger charge is 2.32. The molecule has 0 saturated heterocycles. The van der Waals surface area contributed by atoms with E-state index in [1.165, 1.54) is 0 Å². The average molecular weight is 296 g/mol. The van der Waals surface area contributed by atoms with Crippen molar-refractivity contribution in [1.29, 1.82) is 0 Å². The Morgan fingerprint density at radius 1 is 1.30 bits per heavy atom. The van der Waals surface area contributed by atoms with Crippen molar-refractivity contribution >= 4 is 10.0 Å². The molecule has 0 unspecified atom stereocenters. The highest BCUT2D eigenvalue weighted by molar-refractivity contribution is 7.89. The fraction of sp³-hybridized carbons (Fsp3) is 0.600. The van der Waals surface area contributed by atoms with Crippen molar-refractivity contribution in [2.75, 3.05) is 7.05 Å². The SMILES string of the molecule is CC(C)NCc1ccccc1S(=O)(=O)N(C)C1CCC1. The van der Waals surface area contributed by atoms with Crippen LogP contribution in [0.2, 0.25) is 0 Å². The lowest BCUT2D eigenvalue weighted by atomic mass is 9.94. The van der Waals surface area contributed by atoms with Crippen LogP contribution in [0.5, 0.6) is 0 Å². The highest BCUT2D eigenvalue weighted by Crippen LogP contribution is 2.29. The van der Waals surface area contributed by atoms with Crippen LogP contribution in [0, 0.1) is 0 Å². The van der Waals surface area contributed by atoms with Gasteiger partial charge >= 0.3 is 0 Å². The Balaban J connectivity index is 2.26. The topological polar surface area (TPSA) is 49.4 Å². The van der Waals surface area contributed by atoms with E-state index in [-0.39, 0.29) is 6.04 Å². The zero-order valence-corrected chi connectivity index (χ0v) is 13.3. The van der Waals surface area contributed by atoms with E-state index in [0.29, 0.717) is 17.5 Å². The zero-order chi connectivity index (χ0) is 14.8. The van der Waals surface area contributed by atoms with Crippen molar-refractivity contribution in [2.45, 2.75) is 56.6 Å². The number of nitrogens with zero attached hydrogens (tertiary/aromatic N) is 1. The fourth-order valence-corrected chi connectivity index (χ4v) is 3.95. The molecule has 20 heavy (non-hydrogen) atoms.